The zero-order chi connectivity index (χ0) is 19.0. The second kappa shape index (κ2) is 6.79. The van der Waals surface area contributed by atoms with Crippen molar-refractivity contribution in [2.75, 3.05) is 36.0 Å². The number of pyridine rings is 1. The summed E-state index contributed by atoms with van der Waals surface area (Å²) in [7, 11) is 0. The zero-order valence-corrected chi connectivity index (χ0v) is 15.3. The third kappa shape index (κ3) is 3.25. The van der Waals surface area contributed by atoms with Gasteiger partial charge in [-0.3, -0.25) is 10.1 Å². The number of anilines is 2. The molecule has 0 radical (unpaired) electrons. The van der Waals surface area contributed by atoms with Crippen molar-refractivity contribution < 1.29 is 4.92 Å². The van der Waals surface area contributed by atoms with Crippen LogP contribution in [-0.4, -0.2) is 46.1 Å². The summed E-state index contributed by atoms with van der Waals surface area (Å²) in [5.41, 5.74) is 2.28. The summed E-state index contributed by atoms with van der Waals surface area (Å²) >= 11 is 0. The highest BCUT2D eigenvalue weighted by molar-refractivity contribution is 5.97. The Morgan fingerprint density at radius 2 is 1.78 bits per heavy atom. The molecule has 4 rings (SSSR count). The van der Waals surface area contributed by atoms with Gasteiger partial charge in [0, 0.05) is 55.2 Å². The Hall–Kier alpha value is -3.29. The maximum atomic E-state index is 11.4. The van der Waals surface area contributed by atoms with Crippen LogP contribution < -0.4 is 9.80 Å². The molecule has 0 saturated carbocycles. The third-order valence-electron chi connectivity index (χ3n) is 4.83. The van der Waals surface area contributed by atoms with E-state index in [1.165, 1.54) is 6.07 Å². The first-order chi connectivity index (χ1) is 13.0. The van der Waals surface area contributed by atoms with Crippen LogP contribution in [0.25, 0.3) is 10.9 Å². The Balaban J connectivity index is 1.64. The van der Waals surface area contributed by atoms with Crippen LogP contribution in [0.1, 0.15) is 11.5 Å². The van der Waals surface area contributed by atoms with Gasteiger partial charge in [-0.15, -0.1) is 0 Å². The third-order valence-corrected chi connectivity index (χ3v) is 4.83. The molecule has 8 nitrogen and oxygen atoms in total. The monoisotopic (exact) mass is 364 g/mol. The molecule has 0 atom stereocenters. The average Bonchev–Trinajstić information content (AvgIpc) is 2.67. The average molecular weight is 364 g/mol. The lowest BCUT2D eigenvalue weighted by Crippen LogP contribution is -2.47. The number of aromatic nitrogens is 3. The molecule has 0 bridgehead atoms. The molecule has 138 valence electrons. The van der Waals surface area contributed by atoms with Crippen LogP contribution in [0.5, 0.6) is 0 Å². The Morgan fingerprint density at radius 1 is 1.04 bits per heavy atom. The van der Waals surface area contributed by atoms with Crippen molar-refractivity contribution in [3.63, 3.8) is 0 Å². The predicted molar refractivity (Wildman–Crippen MR) is 104 cm³/mol. The van der Waals surface area contributed by atoms with Gasteiger partial charge in [-0.2, -0.15) is 0 Å². The molecule has 8 heteroatoms. The van der Waals surface area contributed by atoms with E-state index in [9.17, 15) is 10.1 Å². The van der Waals surface area contributed by atoms with Crippen LogP contribution in [0.3, 0.4) is 0 Å². The highest BCUT2D eigenvalue weighted by Crippen LogP contribution is 2.32. The van der Waals surface area contributed by atoms with Gasteiger partial charge in [-0.25, -0.2) is 15.0 Å². The van der Waals surface area contributed by atoms with E-state index in [1.54, 1.807) is 12.3 Å². The van der Waals surface area contributed by atoms with E-state index in [2.05, 4.69) is 24.8 Å². The molecule has 1 aliphatic heterocycles. The number of fused-ring (bicyclic) bond motifs is 1. The summed E-state index contributed by atoms with van der Waals surface area (Å²) < 4.78 is 0. The van der Waals surface area contributed by atoms with Crippen LogP contribution in [0, 0.1) is 24.0 Å². The molecule has 3 heterocycles. The molecular formula is C19H20N6O2. The van der Waals surface area contributed by atoms with Crippen LogP contribution >= 0.6 is 0 Å². The quantitative estimate of drug-likeness (QED) is 0.521. The first-order valence-corrected chi connectivity index (χ1v) is 8.87. The molecule has 27 heavy (non-hydrogen) atoms. The molecule has 1 fully saturated rings. The fraction of sp³-hybridized carbons (Fsp3) is 0.316. The van der Waals surface area contributed by atoms with Crippen molar-refractivity contribution in [2.24, 2.45) is 0 Å². The summed E-state index contributed by atoms with van der Waals surface area (Å²) in [6.07, 6.45) is 1.78. The largest absolute Gasteiger partial charge is 0.367 e. The number of aryl methyl sites for hydroxylation is 2. The molecule has 0 N–H and O–H groups in total. The minimum absolute atomic E-state index is 0.0487. The van der Waals surface area contributed by atoms with Gasteiger partial charge < -0.3 is 9.80 Å². The number of hydrogen-bond acceptors (Lipinski definition) is 7. The number of non-ortho nitro benzene ring substituents is 1. The lowest BCUT2D eigenvalue weighted by molar-refractivity contribution is -0.383. The number of rotatable bonds is 3. The number of nitrogens with zero attached hydrogens (tertiary/aromatic N) is 6. The van der Waals surface area contributed by atoms with Gasteiger partial charge in [0.25, 0.3) is 5.69 Å². The molecule has 2 aromatic heterocycles. The van der Waals surface area contributed by atoms with Gasteiger partial charge in [0.1, 0.15) is 11.6 Å². The van der Waals surface area contributed by atoms with Crippen molar-refractivity contribution in [1.82, 2.24) is 15.0 Å². The van der Waals surface area contributed by atoms with Gasteiger partial charge in [-0.1, -0.05) is 12.1 Å². The fourth-order valence-electron chi connectivity index (χ4n) is 3.55. The van der Waals surface area contributed by atoms with Gasteiger partial charge in [0.05, 0.1) is 4.92 Å². The molecule has 1 aliphatic rings. The normalized spacial score (nSPS) is 14.6. The summed E-state index contributed by atoms with van der Waals surface area (Å²) in [4.78, 5) is 28.6. The number of benzene rings is 1. The summed E-state index contributed by atoms with van der Waals surface area (Å²) in [5.74, 6) is 1.70. The number of hydrogen-bond donors (Lipinski definition) is 0. The Kier molecular flexibility index (Phi) is 4.31. The van der Waals surface area contributed by atoms with E-state index in [0.717, 1.165) is 54.6 Å². The summed E-state index contributed by atoms with van der Waals surface area (Å²) in [6.45, 7) is 7.04. The van der Waals surface area contributed by atoms with Crippen molar-refractivity contribution >= 4 is 28.1 Å². The molecule has 3 aromatic rings. The van der Waals surface area contributed by atoms with E-state index in [1.807, 2.05) is 32.0 Å². The molecule has 1 saturated heterocycles. The van der Waals surface area contributed by atoms with Gasteiger partial charge in [0.15, 0.2) is 5.52 Å². The van der Waals surface area contributed by atoms with E-state index < -0.39 is 0 Å². The molecule has 0 unspecified atom stereocenters. The first-order valence-electron chi connectivity index (χ1n) is 8.87. The molecular weight excluding hydrogens is 344 g/mol. The van der Waals surface area contributed by atoms with E-state index in [0.29, 0.717) is 5.52 Å². The van der Waals surface area contributed by atoms with E-state index in [-0.39, 0.29) is 10.6 Å². The van der Waals surface area contributed by atoms with Crippen molar-refractivity contribution in [3.8, 4) is 0 Å². The van der Waals surface area contributed by atoms with Crippen molar-refractivity contribution in [3.05, 3.63) is 58.2 Å². The zero-order valence-electron chi connectivity index (χ0n) is 15.3. The van der Waals surface area contributed by atoms with Crippen LogP contribution in [0.2, 0.25) is 0 Å². The smallest absolute Gasteiger partial charge is 0.295 e. The Bertz CT molecular complexity index is 1010. The Morgan fingerprint density at radius 3 is 2.48 bits per heavy atom. The minimum atomic E-state index is -0.367. The van der Waals surface area contributed by atoms with Crippen molar-refractivity contribution in [2.45, 2.75) is 13.8 Å². The van der Waals surface area contributed by atoms with E-state index in [4.69, 9.17) is 0 Å². The standard InChI is InChI=1S/C19H20N6O2/c1-13-12-17(15-4-3-5-16(25(26)27)19(15)21-13)23-8-10-24(11-9-23)18-6-7-20-14(2)22-18/h3-7,12H,8-11H2,1-2H3. The number of piperazine rings is 1. The van der Waals surface area contributed by atoms with Crippen LogP contribution in [0.4, 0.5) is 17.2 Å². The highest BCUT2D eigenvalue weighted by Gasteiger charge is 2.22. The van der Waals surface area contributed by atoms with E-state index >= 15 is 0 Å². The van der Waals surface area contributed by atoms with Crippen LogP contribution in [-0.2, 0) is 0 Å². The predicted octanol–water partition coefficient (Wildman–Crippen LogP) is 2.88. The maximum Gasteiger partial charge on any atom is 0.295 e. The second-order valence-electron chi connectivity index (χ2n) is 6.65. The lowest BCUT2D eigenvalue weighted by Gasteiger charge is -2.37. The van der Waals surface area contributed by atoms with Gasteiger partial charge in [0.2, 0.25) is 0 Å². The minimum Gasteiger partial charge on any atom is -0.367 e. The number of nitro groups is 1. The fourth-order valence-corrected chi connectivity index (χ4v) is 3.55. The molecule has 0 spiro atoms. The number of nitro benzene ring substituents is 1. The first kappa shape index (κ1) is 17.1. The second-order valence-corrected chi connectivity index (χ2v) is 6.65. The van der Waals surface area contributed by atoms with Crippen molar-refractivity contribution in [1.29, 1.82) is 0 Å². The molecule has 0 amide bonds. The lowest BCUT2D eigenvalue weighted by atomic mass is 10.1. The summed E-state index contributed by atoms with van der Waals surface area (Å²) in [6, 6.07) is 9.08. The molecule has 0 aliphatic carbocycles. The molecule has 1 aromatic carbocycles. The highest BCUT2D eigenvalue weighted by atomic mass is 16.6. The maximum absolute atomic E-state index is 11.4. The van der Waals surface area contributed by atoms with Gasteiger partial charge >= 0.3 is 0 Å². The SMILES string of the molecule is Cc1cc(N2CCN(c3ccnc(C)n3)CC2)c2cccc([N+](=O)[O-])c2n1. The summed E-state index contributed by atoms with van der Waals surface area (Å²) in [5, 5.41) is 12.2. The van der Waals surface area contributed by atoms with Crippen LogP contribution in [0.15, 0.2) is 36.5 Å². The topological polar surface area (TPSA) is 88.3 Å². The van der Waals surface area contributed by atoms with Gasteiger partial charge in [-0.05, 0) is 26.0 Å². The number of para-hydroxylation sites is 1. The Labute approximate surface area is 156 Å².